The summed E-state index contributed by atoms with van der Waals surface area (Å²) in [6.07, 6.45) is 3.32. The largest absolute Gasteiger partial charge is 0.356 e. The van der Waals surface area contributed by atoms with E-state index in [1.54, 1.807) is 6.33 Å². The summed E-state index contributed by atoms with van der Waals surface area (Å²) in [5, 5.41) is 4.18. The van der Waals surface area contributed by atoms with Crippen LogP contribution in [0.1, 0.15) is 29.5 Å². The van der Waals surface area contributed by atoms with Gasteiger partial charge in [-0.05, 0) is 44.4 Å². The van der Waals surface area contributed by atoms with Gasteiger partial charge in [0.2, 0.25) is 5.91 Å². The standard InChI is InChI=1S/C23H26N4O/c1-16-3-6-18(7-4-16)14-24-23(28)19-9-11-27(12-10-19)22-20-13-17(2)5-8-21(20)25-15-26-22/h3-8,13,15,19H,9-12,14H2,1-2H3,(H,24,28). The molecule has 0 unspecified atom stereocenters. The zero-order valence-corrected chi connectivity index (χ0v) is 16.5. The van der Waals surface area contributed by atoms with Gasteiger partial charge in [0.05, 0.1) is 5.52 Å². The number of anilines is 1. The number of amides is 1. The molecule has 3 aromatic rings. The van der Waals surface area contributed by atoms with Gasteiger partial charge in [-0.3, -0.25) is 4.79 Å². The molecule has 0 aliphatic carbocycles. The third-order valence-corrected chi connectivity index (χ3v) is 5.52. The lowest BCUT2D eigenvalue weighted by Gasteiger charge is -2.32. The number of hydrogen-bond donors (Lipinski definition) is 1. The van der Waals surface area contributed by atoms with E-state index in [1.807, 2.05) is 6.07 Å². The van der Waals surface area contributed by atoms with Crippen LogP contribution < -0.4 is 10.2 Å². The van der Waals surface area contributed by atoms with Crippen LogP contribution in [0.2, 0.25) is 0 Å². The zero-order valence-electron chi connectivity index (χ0n) is 16.5. The minimum atomic E-state index is 0.0662. The van der Waals surface area contributed by atoms with Crippen molar-refractivity contribution in [3.63, 3.8) is 0 Å². The van der Waals surface area contributed by atoms with Crippen molar-refractivity contribution in [2.45, 2.75) is 33.2 Å². The van der Waals surface area contributed by atoms with E-state index in [9.17, 15) is 4.79 Å². The molecule has 2 aromatic carbocycles. The van der Waals surface area contributed by atoms with E-state index in [1.165, 1.54) is 11.1 Å². The first kappa shape index (κ1) is 18.4. The van der Waals surface area contributed by atoms with Crippen molar-refractivity contribution < 1.29 is 4.79 Å². The fourth-order valence-electron chi connectivity index (χ4n) is 3.80. The minimum Gasteiger partial charge on any atom is -0.356 e. The molecule has 1 aliphatic heterocycles. The van der Waals surface area contributed by atoms with Gasteiger partial charge in [-0.2, -0.15) is 0 Å². The predicted octanol–water partition coefficient (Wildman–Crippen LogP) is 3.78. The third kappa shape index (κ3) is 3.98. The Bertz CT molecular complexity index is 976. The van der Waals surface area contributed by atoms with E-state index >= 15 is 0 Å². The molecule has 1 amide bonds. The van der Waals surface area contributed by atoms with E-state index in [0.29, 0.717) is 6.54 Å². The second-order valence-corrected chi connectivity index (χ2v) is 7.68. The average Bonchev–Trinajstić information content (AvgIpc) is 2.73. The van der Waals surface area contributed by atoms with Crippen molar-refractivity contribution in [3.8, 4) is 0 Å². The van der Waals surface area contributed by atoms with Gasteiger partial charge in [0, 0.05) is 30.9 Å². The van der Waals surface area contributed by atoms with Crippen LogP contribution in [0.4, 0.5) is 5.82 Å². The van der Waals surface area contributed by atoms with Crippen LogP contribution in [0.3, 0.4) is 0 Å². The Hall–Kier alpha value is -2.95. The van der Waals surface area contributed by atoms with Crippen LogP contribution in [0.25, 0.3) is 10.9 Å². The van der Waals surface area contributed by atoms with E-state index in [0.717, 1.165) is 48.2 Å². The fourth-order valence-corrected chi connectivity index (χ4v) is 3.80. The highest BCUT2D eigenvalue weighted by atomic mass is 16.1. The van der Waals surface area contributed by atoms with E-state index < -0.39 is 0 Å². The molecule has 28 heavy (non-hydrogen) atoms. The summed E-state index contributed by atoms with van der Waals surface area (Å²) in [7, 11) is 0. The normalized spacial score (nSPS) is 15.0. The SMILES string of the molecule is Cc1ccc(CNC(=O)C2CCN(c3ncnc4ccc(C)cc34)CC2)cc1. The second kappa shape index (κ2) is 7.97. The van der Waals surface area contributed by atoms with Gasteiger partial charge in [-0.15, -0.1) is 0 Å². The highest BCUT2D eigenvalue weighted by Crippen LogP contribution is 2.28. The molecule has 0 saturated carbocycles. The summed E-state index contributed by atoms with van der Waals surface area (Å²) in [6.45, 7) is 6.42. The molecule has 5 heteroatoms. The van der Waals surface area contributed by atoms with Gasteiger partial charge in [0.1, 0.15) is 12.1 Å². The number of aromatic nitrogens is 2. The Morgan fingerprint density at radius 2 is 1.75 bits per heavy atom. The molecule has 0 radical (unpaired) electrons. The summed E-state index contributed by atoms with van der Waals surface area (Å²) in [5.74, 6) is 1.20. The van der Waals surface area contributed by atoms with Crippen LogP contribution in [0.5, 0.6) is 0 Å². The first-order chi connectivity index (χ1) is 13.6. The number of nitrogens with one attached hydrogen (secondary N) is 1. The minimum absolute atomic E-state index is 0.0662. The van der Waals surface area contributed by atoms with Crippen LogP contribution in [-0.4, -0.2) is 29.0 Å². The maximum atomic E-state index is 12.6. The zero-order chi connectivity index (χ0) is 19.5. The number of carbonyl (C=O) groups excluding carboxylic acids is 1. The number of rotatable bonds is 4. The molecule has 5 nitrogen and oxygen atoms in total. The first-order valence-corrected chi connectivity index (χ1v) is 9.90. The summed E-state index contributed by atoms with van der Waals surface area (Å²) in [6, 6.07) is 14.6. The Morgan fingerprint density at radius 1 is 1.04 bits per heavy atom. The maximum Gasteiger partial charge on any atom is 0.223 e. The lowest BCUT2D eigenvalue weighted by Crippen LogP contribution is -2.40. The molecule has 1 N–H and O–H groups in total. The monoisotopic (exact) mass is 374 g/mol. The maximum absolute atomic E-state index is 12.6. The van der Waals surface area contributed by atoms with Gasteiger partial charge >= 0.3 is 0 Å². The van der Waals surface area contributed by atoms with Crippen molar-refractivity contribution >= 4 is 22.6 Å². The van der Waals surface area contributed by atoms with Gasteiger partial charge in [0.15, 0.2) is 0 Å². The Morgan fingerprint density at radius 3 is 2.50 bits per heavy atom. The lowest BCUT2D eigenvalue weighted by molar-refractivity contribution is -0.125. The molecule has 2 heterocycles. The van der Waals surface area contributed by atoms with E-state index in [4.69, 9.17) is 0 Å². The number of carbonyl (C=O) groups is 1. The molecule has 1 aliphatic rings. The Kier molecular flexibility index (Phi) is 5.24. The van der Waals surface area contributed by atoms with Crippen LogP contribution in [0.15, 0.2) is 48.8 Å². The third-order valence-electron chi connectivity index (χ3n) is 5.52. The summed E-state index contributed by atoms with van der Waals surface area (Å²) < 4.78 is 0. The van der Waals surface area contributed by atoms with Crippen molar-refractivity contribution in [1.82, 2.24) is 15.3 Å². The van der Waals surface area contributed by atoms with Crippen molar-refractivity contribution in [1.29, 1.82) is 0 Å². The number of nitrogens with zero attached hydrogens (tertiary/aromatic N) is 3. The quantitative estimate of drug-likeness (QED) is 0.755. The number of benzene rings is 2. The number of hydrogen-bond acceptors (Lipinski definition) is 4. The summed E-state index contributed by atoms with van der Waals surface area (Å²) in [4.78, 5) is 23.8. The highest BCUT2D eigenvalue weighted by molar-refractivity contribution is 5.90. The number of aryl methyl sites for hydroxylation is 2. The van der Waals surface area contributed by atoms with Crippen molar-refractivity contribution in [2.24, 2.45) is 5.92 Å². The molecule has 0 spiro atoms. The molecular formula is C23H26N4O. The van der Waals surface area contributed by atoms with Gasteiger partial charge in [-0.1, -0.05) is 41.5 Å². The average molecular weight is 374 g/mol. The Labute approximate surface area is 165 Å². The van der Waals surface area contributed by atoms with Gasteiger partial charge < -0.3 is 10.2 Å². The summed E-state index contributed by atoms with van der Waals surface area (Å²) >= 11 is 0. The predicted molar refractivity (Wildman–Crippen MR) is 112 cm³/mol. The van der Waals surface area contributed by atoms with Crippen molar-refractivity contribution in [2.75, 3.05) is 18.0 Å². The van der Waals surface area contributed by atoms with Crippen molar-refractivity contribution in [3.05, 3.63) is 65.5 Å². The van der Waals surface area contributed by atoms with Crippen LogP contribution in [-0.2, 0) is 11.3 Å². The highest BCUT2D eigenvalue weighted by Gasteiger charge is 2.26. The Balaban J connectivity index is 1.37. The summed E-state index contributed by atoms with van der Waals surface area (Å²) in [5.41, 5.74) is 4.54. The molecule has 1 saturated heterocycles. The molecule has 0 bridgehead atoms. The number of fused-ring (bicyclic) bond motifs is 1. The first-order valence-electron chi connectivity index (χ1n) is 9.90. The molecule has 0 atom stereocenters. The second-order valence-electron chi connectivity index (χ2n) is 7.68. The van der Waals surface area contributed by atoms with Crippen LogP contribution in [0, 0.1) is 19.8 Å². The van der Waals surface area contributed by atoms with E-state index in [2.05, 4.69) is 70.4 Å². The van der Waals surface area contributed by atoms with Crippen LogP contribution >= 0.6 is 0 Å². The molecule has 144 valence electrons. The lowest BCUT2D eigenvalue weighted by atomic mass is 9.95. The molecular weight excluding hydrogens is 348 g/mol. The molecule has 1 aromatic heterocycles. The van der Waals surface area contributed by atoms with Gasteiger partial charge in [-0.25, -0.2) is 9.97 Å². The topological polar surface area (TPSA) is 58.1 Å². The fraction of sp³-hybridized carbons (Fsp3) is 0.348. The van der Waals surface area contributed by atoms with Gasteiger partial charge in [0.25, 0.3) is 0 Å². The molecule has 1 fully saturated rings. The van der Waals surface area contributed by atoms with E-state index in [-0.39, 0.29) is 11.8 Å². The number of piperidine rings is 1. The molecule has 4 rings (SSSR count). The smallest absolute Gasteiger partial charge is 0.223 e.